The molecular weight excluding hydrogens is 354 g/mol. The summed E-state index contributed by atoms with van der Waals surface area (Å²) < 4.78 is 1.11. The molecule has 106 valence electrons. The molecule has 1 atom stereocenters. The maximum Gasteiger partial charge on any atom is 0.0545 e. The minimum Gasteiger partial charge on any atom is -0.327 e. The van der Waals surface area contributed by atoms with E-state index in [1.807, 2.05) is 24.3 Å². The van der Waals surface area contributed by atoms with Crippen LogP contribution in [0.1, 0.15) is 18.9 Å². The second-order valence-corrected chi connectivity index (χ2v) is 7.04. The molecule has 0 aliphatic rings. The molecular formula is C16H17BrClNS. The Hall–Kier alpha value is -0.480. The van der Waals surface area contributed by atoms with Crippen LogP contribution in [0.3, 0.4) is 0 Å². The Labute approximate surface area is 138 Å². The van der Waals surface area contributed by atoms with Crippen LogP contribution in [0.4, 0.5) is 0 Å². The van der Waals surface area contributed by atoms with E-state index in [4.69, 9.17) is 17.3 Å². The van der Waals surface area contributed by atoms with Crippen molar-refractivity contribution < 1.29 is 0 Å². The number of hydrogen-bond acceptors (Lipinski definition) is 2. The Kier molecular flexibility index (Phi) is 5.97. The molecule has 1 unspecified atom stereocenters. The fourth-order valence-electron chi connectivity index (χ4n) is 1.84. The van der Waals surface area contributed by atoms with Crippen LogP contribution in [-0.4, -0.2) is 6.04 Å². The van der Waals surface area contributed by atoms with E-state index in [1.54, 1.807) is 11.8 Å². The van der Waals surface area contributed by atoms with Gasteiger partial charge in [-0.25, -0.2) is 0 Å². The van der Waals surface area contributed by atoms with Crippen molar-refractivity contribution in [2.24, 2.45) is 5.73 Å². The SMILES string of the molecule is CCC(N)Cc1ccc(Sc2ccccc2Cl)cc1Br. The maximum atomic E-state index is 6.18. The minimum absolute atomic E-state index is 0.216. The maximum absolute atomic E-state index is 6.18. The van der Waals surface area contributed by atoms with Gasteiger partial charge in [0, 0.05) is 20.3 Å². The molecule has 4 heteroatoms. The Morgan fingerprint density at radius 2 is 2.00 bits per heavy atom. The topological polar surface area (TPSA) is 26.0 Å². The van der Waals surface area contributed by atoms with Gasteiger partial charge in [-0.2, -0.15) is 0 Å². The highest BCUT2D eigenvalue weighted by molar-refractivity contribution is 9.10. The zero-order valence-corrected chi connectivity index (χ0v) is 14.4. The quantitative estimate of drug-likeness (QED) is 0.748. The molecule has 2 rings (SSSR count). The monoisotopic (exact) mass is 369 g/mol. The first kappa shape index (κ1) is 15.9. The normalized spacial score (nSPS) is 12.4. The summed E-state index contributed by atoms with van der Waals surface area (Å²) >= 11 is 11.5. The van der Waals surface area contributed by atoms with Crippen molar-refractivity contribution in [3.8, 4) is 0 Å². The van der Waals surface area contributed by atoms with Crippen molar-refractivity contribution in [3.05, 3.63) is 57.5 Å². The van der Waals surface area contributed by atoms with Gasteiger partial charge in [0.05, 0.1) is 5.02 Å². The van der Waals surface area contributed by atoms with Crippen LogP contribution in [0, 0.1) is 0 Å². The van der Waals surface area contributed by atoms with E-state index < -0.39 is 0 Å². The average molecular weight is 371 g/mol. The third-order valence-electron chi connectivity index (χ3n) is 3.10. The lowest BCUT2D eigenvalue weighted by Crippen LogP contribution is -2.21. The second-order valence-electron chi connectivity index (χ2n) is 4.66. The number of halogens is 2. The van der Waals surface area contributed by atoms with Gasteiger partial charge >= 0.3 is 0 Å². The number of nitrogens with two attached hydrogens (primary N) is 1. The highest BCUT2D eigenvalue weighted by atomic mass is 79.9. The first-order valence-electron chi connectivity index (χ1n) is 6.56. The summed E-state index contributed by atoms with van der Waals surface area (Å²) in [7, 11) is 0. The molecule has 0 amide bonds. The summed E-state index contributed by atoms with van der Waals surface area (Å²) in [5, 5.41) is 0.783. The molecule has 0 spiro atoms. The van der Waals surface area contributed by atoms with E-state index >= 15 is 0 Å². The summed E-state index contributed by atoms with van der Waals surface area (Å²) in [5.41, 5.74) is 7.26. The Bertz CT molecular complexity index is 588. The number of rotatable bonds is 5. The van der Waals surface area contributed by atoms with E-state index in [1.165, 1.54) is 10.5 Å². The van der Waals surface area contributed by atoms with E-state index in [-0.39, 0.29) is 6.04 Å². The van der Waals surface area contributed by atoms with E-state index in [0.717, 1.165) is 27.2 Å². The molecule has 0 fully saturated rings. The molecule has 2 aromatic rings. The van der Waals surface area contributed by atoms with Crippen molar-refractivity contribution in [2.75, 3.05) is 0 Å². The Morgan fingerprint density at radius 3 is 2.65 bits per heavy atom. The summed E-state index contributed by atoms with van der Waals surface area (Å²) in [5.74, 6) is 0. The summed E-state index contributed by atoms with van der Waals surface area (Å²) in [6.07, 6.45) is 1.89. The highest BCUT2D eigenvalue weighted by Crippen LogP contribution is 2.35. The molecule has 0 aromatic heterocycles. The van der Waals surface area contributed by atoms with Gasteiger partial charge in [-0.15, -0.1) is 0 Å². The molecule has 0 aliphatic heterocycles. The highest BCUT2D eigenvalue weighted by Gasteiger charge is 2.08. The lowest BCUT2D eigenvalue weighted by Gasteiger charge is -2.12. The Morgan fingerprint density at radius 1 is 1.25 bits per heavy atom. The molecule has 20 heavy (non-hydrogen) atoms. The van der Waals surface area contributed by atoms with Crippen LogP contribution in [-0.2, 0) is 6.42 Å². The molecule has 0 saturated heterocycles. The summed E-state index contributed by atoms with van der Waals surface area (Å²) in [6, 6.07) is 14.5. The molecule has 0 heterocycles. The van der Waals surface area contributed by atoms with Gasteiger partial charge in [0.2, 0.25) is 0 Å². The number of hydrogen-bond donors (Lipinski definition) is 1. The first-order valence-corrected chi connectivity index (χ1v) is 8.55. The third-order valence-corrected chi connectivity index (χ3v) is 5.34. The van der Waals surface area contributed by atoms with Crippen LogP contribution < -0.4 is 5.73 Å². The lowest BCUT2D eigenvalue weighted by atomic mass is 10.1. The lowest BCUT2D eigenvalue weighted by molar-refractivity contribution is 0.645. The van der Waals surface area contributed by atoms with E-state index in [0.29, 0.717) is 0 Å². The van der Waals surface area contributed by atoms with Gasteiger partial charge < -0.3 is 5.73 Å². The molecule has 0 bridgehead atoms. The largest absolute Gasteiger partial charge is 0.327 e. The summed E-state index contributed by atoms with van der Waals surface area (Å²) in [6.45, 7) is 2.11. The van der Waals surface area contributed by atoms with Crippen LogP contribution in [0.2, 0.25) is 5.02 Å². The van der Waals surface area contributed by atoms with Crippen LogP contribution in [0.5, 0.6) is 0 Å². The predicted molar refractivity (Wildman–Crippen MR) is 91.7 cm³/mol. The van der Waals surface area contributed by atoms with Crippen LogP contribution in [0.15, 0.2) is 56.7 Å². The molecule has 1 nitrogen and oxygen atoms in total. The van der Waals surface area contributed by atoms with Crippen molar-refractivity contribution in [1.82, 2.24) is 0 Å². The van der Waals surface area contributed by atoms with Crippen molar-refractivity contribution in [1.29, 1.82) is 0 Å². The molecule has 0 saturated carbocycles. The Balaban J connectivity index is 2.15. The number of benzene rings is 2. The fourth-order valence-corrected chi connectivity index (χ4v) is 3.66. The van der Waals surface area contributed by atoms with E-state index in [2.05, 4.69) is 41.1 Å². The van der Waals surface area contributed by atoms with E-state index in [9.17, 15) is 0 Å². The van der Waals surface area contributed by atoms with Crippen molar-refractivity contribution in [3.63, 3.8) is 0 Å². The fraction of sp³-hybridized carbons (Fsp3) is 0.250. The average Bonchev–Trinajstić information content (AvgIpc) is 2.44. The van der Waals surface area contributed by atoms with Gasteiger partial charge in [0.1, 0.15) is 0 Å². The second kappa shape index (κ2) is 7.51. The third kappa shape index (κ3) is 4.26. The molecule has 2 N–H and O–H groups in total. The standard InChI is InChI=1S/C16H17BrClNS/c1-2-12(19)9-11-7-8-13(10-14(11)17)20-16-6-4-3-5-15(16)18/h3-8,10,12H,2,9,19H2,1H3. The van der Waals surface area contributed by atoms with Gasteiger partial charge in [-0.3, -0.25) is 0 Å². The van der Waals surface area contributed by atoms with Gasteiger partial charge in [-0.1, -0.05) is 64.4 Å². The van der Waals surface area contributed by atoms with Crippen LogP contribution >= 0.6 is 39.3 Å². The zero-order chi connectivity index (χ0) is 14.5. The first-order chi connectivity index (χ1) is 9.60. The van der Waals surface area contributed by atoms with Crippen molar-refractivity contribution in [2.45, 2.75) is 35.6 Å². The molecule has 2 aromatic carbocycles. The smallest absolute Gasteiger partial charge is 0.0545 e. The predicted octanol–water partition coefficient (Wildman–Crippen LogP) is 5.53. The minimum atomic E-state index is 0.216. The van der Waals surface area contributed by atoms with Crippen LogP contribution in [0.25, 0.3) is 0 Å². The molecule has 0 radical (unpaired) electrons. The molecule has 0 aliphatic carbocycles. The van der Waals surface area contributed by atoms with Gasteiger partial charge in [0.25, 0.3) is 0 Å². The van der Waals surface area contributed by atoms with Crippen molar-refractivity contribution >= 4 is 39.3 Å². The van der Waals surface area contributed by atoms with Gasteiger partial charge in [0.15, 0.2) is 0 Å². The summed E-state index contributed by atoms with van der Waals surface area (Å²) in [4.78, 5) is 2.23. The van der Waals surface area contributed by atoms with Gasteiger partial charge in [-0.05, 0) is 42.7 Å². The zero-order valence-electron chi connectivity index (χ0n) is 11.3.